The number of nitrogens with two attached hydrogens (primary N) is 6. The van der Waals surface area contributed by atoms with Crippen molar-refractivity contribution in [1.29, 1.82) is 0 Å². The quantitative estimate of drug-likeness (QED) is 0.0315. The van der Waals surface area contributed by atoms with Crippen molar-refractivity contribution in [2.75, 3.05) is 26.3 Å². The number of nitrogens with one attached hydrogen (secondary N) is 3. The summed E-state index contributed by atoms with van der Waals surface area (Å²) in [4.78, 5) is 39.5. The maximum atomic E-state index is 13.2. The lowest BCUT2D eigenvalue weighted by Gasteiger charge is -2.48. The molecule has 0 spiro atoms. The Labute approximate surface area is 656 Å². The van der Waals surface area contributed by atoms with Gasteiger partial charge in [-0.3, -0.25) is 0 Å². The molecule has 6 aliphatic heterocycles. The Bertz CT molecular complexity index is 3410. The lowest BCUT2D eigenvalue weighted by atomic mass is 9.80. The van der Waals surface area contributed by atoms with Crippen LogP contribution in [0, 0.1) is 5.92 Å². The van der Waals surface area contributed by atoms with E-state index in [1.807, 2.05) is 6.07 Å². The molecule has 3 aromatic rings. The first-order valence-corrected chi connectivity index (χ1v) is 38.1. The number of aliphatic hydroxyl groups is 14. The fraction of sp³-hybridized carbons (Fsp3) is 0.712. The normalized spacial score (nSPS) is 42.3. The molecule has 41 heteroatoms. The zero-order valence-corrected chi connectivity index (χ0v) is 63.0. The highest BCUT2D eigenvalue weighted by Gasteiger charge is 2.58. The third-order valence-corrected chi connectivity index (χ3v) is 21.7. The summed E-state index contributed by atoms with van der Waals surface area (Å²) in [7, 11) is 0. The molecular formula is C73H113N9O32. The molecule has 0 aromatic heterocycles. The fourth-order valence-corrected chi connectivity index (χ4v) is 15.1. The van der Waals surface area contributed by atoms with Gasteiger partial charge in [0, 0.05) is 25.2 Å². The Morgan fingerprint density at radius 2 is 0.702 bits per heavy atom. The van der Waals surface area contributed by atoms with Crippen LogP contribution in [0.25, 0.3) is 0 Å². The van der Waals surface area contributed by atoms with Gasteiger partial charge < -0.3 is 193 Å². The summed E-state index contributed by atoms with van der Waals surface area (Å²) in [5.41, 5.74) is 37.7. The summed E-state index contributed by atoms with van der Waals surface area (Å²) >= 11 is 0. The molecule has 8 fully saturated rings. The molecule has 3 amide bonds. The van der Waals surface area contributed by atoms with E-state index in [0.29, 0.717) is 16.7 Å². The van der Waals surface area contributed by atoms with E-state index >= 15 is 0 Å². The molecule has 29 N–H and O–H groups in total. The van der Waals surface area contributed by atoms with Crippen LogP contribution in [0.15, 0.2) is 91.0 Å². The van der Waals surface area contributed by atoms with Crippen molar-refractivity contribution in [3.05, 3.63) is 108 Å². The molecule has 38 atom stereocenters. The zero-order valence-electron chi connectivity index (χ0n) is 63.0. The molecule has 6 heterocycles. The van der Waals surface area contributed by atoms with Crippen molar-refractivity contribution in [2.24, 2.45) is 40.3 Å². The van der Waals surface area contributed by atoms with Gasteiger partial charge in [0.1, 0.15) is 154 Å². The first kappa shape index (κ1) is 90.5. The first-order chi connectivity index (χ1) is 54.5. The highest BCUT2D eigenvalue weighted by Crippen LogP contribution is 2.40. The Hall–Kier alpha value is -5.81. The summed E-state index contributed by atoms with van der Waals surface area (Å²) in [5.74, 6) is -0.654. The summed E-state index contributed by atoms with van der Waals surface area (Å²) in [6.07, 6.45) is -44.3. The summed E-state index contributed by atoms with van der Waals surface area (Å²) < 4.78 is 88.3. The number of carbonyl (C=O) groups excluding carboxylic acids is 3. The van der Waals surface area contributed by atoms with Crippen LogP contribution < -0.4 is 50.4 Å². The van der Waals surface area contributed by atoms with E-state index in [2.05, 4.69) is 16.0 Å². The number of rotatable bonds is 27. The average molecular weight is 1630 g/mol. The van der Waals surface area contributed by atoms with E-state index in [4.69, 9.17) is 105 Å². The molecule has 0 unspecified atom stereocenters. The summed E-state index contributed by atoms with van der Waals surface area (Å²) in [5, 5.41) is 160. The average Bonchev–Trinajstić information content (AvgIpc) is 1.42. The van der Waals surface area contributed by atoms with E-state index in [-0.39, 0.29) is 58.6 Å². The van der Waals surface area contributed by atoms with Gasteiger partial charge in [0.2, 0.25) is 0 Å². The van der Waals surface area contributed by atoms with Gasteiger partial charge in [-0.2, -0.15) is 0 Å². The highest BCUT2D eigenvalue weighted by atomic mass is 16.8. The van der Waals surface area contributed by atoms with Gasteiger partial charge in [-0.25, -0.2) is 14.4 Å². The van der Waals surface area contributed by atoms with Crippen molar-refractivity contribution < 1.29 is 157 Å². The minimum absolute atomic E-state index is 0.0471. The van der Waals surface area contributed by atoms with Crippen LogP contribution in [0.5, 0.6) is 0 Å². The van der Waals surface area contributed by atoms with E-state index in [0.717, 1.165) is 0 Å². The Balaban J connectivity index is 0.000000278. The van der Waals surface area contributed by atoms with Gasteiger partial charge in [-0.15, -0.1) is 0 Å². The summed E-state index contributed by atoms with van der Waals surface area (Å²) in [6.45, 7) is 3.05. The smallest absolute Gasteiger partial charge is 0.407 e. The molecule has 114 heavy (non-hydrogen) atoms. The fourth-order valence-electron chi connectivity index (χ4n) is 15.1. The van der Waals surface area contributed by atoms with Gasteiger partial charge >= 0.3 is 18.3 Å². The van der Waals surface area contributed by atoms with Gasteiger partial charge in [-0.05, 0) is 48.3 Å². The minimum Gasteiger partial charge on any atom is -0.445 e. The van der Waals surface area contributed by atoms with Crippen LogP contribution in [0.2, 0.25) is 0 Å². The lowest BCUT2D eigenvalue weighted by molar-refractivity contribution is -0.315. The highest BCUT2D eigenvalue weighted by molar-refractivity contribution is 5.68. The van der Waals surface area contributed by atoms with Crippen molar-refractivity contribution >= 4 is 18.3 Å². The van der Waals surface area contributed by atoms with E-state index in [1.54, 1.807) is 106 Å². The predicted octanol–water partition coefficient (Wildman–Crippen LogP) is -7.68. The Morgan fingerprint density at radius 3 is 1.09 bits per heavy atom. The number of amides is 3. The molecule has 0 radical (unpaired) electrons. The number of hydrogen-bond acceptors (Lipinski definition) is 38. The number of aliphatic hydroxyl groups excluding tert-OH is 14. The van der Waals surface area contributed by atoms with Crippen molar-refractivity contribution in [2.45, 2.75) is 293 Å². The molecule has 0 bridgehead atoms. The number of ether oxygens (including phenoxy) is 15. The SMILES string of the molecule is CC[C@H]1O[C@H](O[C@H]2[C@H](O[C@@H]3O[C@H](CO)[C@@H](O[C@H]4O[C@H](CC)[C@@H](O)[C@H](O)[C@H]4NC(=O)OCc4ccccc4)[C@H]3O)[C@@H](O)[C@H](NC(=O)OCc3ccccc3)C[C@@H]2C)[C@H](NC(=O)OCc2ccccc2)[C@@H](O)[C@@H]1O.NC[C@H]1O[C@H](O[C@H]2[C@H](O[C@@H]3O[C@H](CO)[C@@H](O[C@H]4O[C@H](CN)[C@@H](O)[C@H](O)[C@H]4N)[C@H]3O)[C@@H](O)[C@H](N)C[C@@H]2N)[C@H](N)[C@@H](O)[C@@H]1O. The zero-order chi connectivity index (χ0) is 82.5. The number of alkyl carbamates (subject to hydrolysis) is 3. The first-order valence-electron chi connectivity index (χ1n) is 38.1. The molecule has 8 aliphatic rings. The van der Waals surface area contributed by atoms with Crippen LogP contribution in [0.4, 0.5) is 14.4 Å². The van der Waals surface area contributed by atoms with E-state index < -0.39 is 264 Å². The number of carbonyl (C=O) groups is 3. The topological polar surface area (TPSA) is 665 Å². The molecular weight excluding hydrogens is 1510 g/mol. The second-order valence-electron chi connectivity index (χ2n) is 29.6. The van der Waals surface area contributed by atoms with Crippen molar-refractivity contribution in [1.82, 2.24) is 16.0 Å². The van der Waals surface area contributed by atoms with Crippen LogP contribution in [-0.2, 0) is 90.9 Å². The lowest BCUT2D eigenvalue weighted by Crippen LogP contribution is -2.68. The summed E-state index contributed by atoms with van der Waals surface area (Å²) in [6, 6.07) is 18.4. The number of benzene rings is 3. The maximum Gasteiger partial charge on any atom is 0.407 e. The minimum atomic E-state index is -1.80. The van der Waals surface area contributed by atoms with E-state index in [9.17, 15) is 85.9 Å². The van der Waals surface area contributed by atoms with Gasteiger partial charge in [-0.1, -0.05) is 112 Å². The van der Waals surface area contributed by atoms with E-state index in [1.165, 1.54) is 0 Å². The van der Waals surface area contributed by atoms with Crippen molar-refractivity contribution in [3.63, 3.8) is 0 Å². The molecule has 642 valence electrons. The van der Waals surface area contributed by atoms with Crippen LogP contribution in [0.3, 0.4) is 0 Å². The largest absolute Gasteiger partial charge is 0.445 e. The van der Waals surface area contributed by atoms with Gasteiger partial charge in [0.25, 0.3) is 0 Å². The molecule has 2 saturated carbocycles. The second-order valence-corrected chi connectivity index (χ2v) is 29.6. The molecule has 2 aliphatic carbocycles. The number of hydrogen-bond donors (Lipinski definition) is 23. The second kappa shape index (κ2) is 41.7. The standard InChI is InChI=1S/C50H67N3O19.C23H46N6O13/c1-4-31-37(56)39(58)34(52-49(62)65-24-28-17-11-7-12-18-28)45(67-31)70-42-26(3)21-30(51-48(61)64-23-27-15-9-6-10-16-27)36(55)44(42)72-47-41(60)43(33(22-54)69-47)71-46-35(40(59)38(57)32(5-2)68-46)53-50(63)66-25-29-19-13-8-14-20-29;24-2-7-13(32)15(34)10(28)21(37-7)40-18-6(27)1-5(26)12(31)20(18)42-23-17(36)19(9(4-30)39-23)41-22-11(29)16(35)14(33)8(3-25)38-22/h6-20,26,30-47,54-60H,4-5,21-25H2,1-3H3,(H,51,61)(H,52,62)(H,53,63);5-23,30-36H,1-4,24-29H2/t26-,30+,31+,32+,33+,34+,35+,36-,37+,38+,39+,40+,41+,42+,43+,44+,45+,46+,47-;5-,6+,7-,8-,9-,10-,11-,12+,13-,14-,15-,16-,17-,18-,19-,20-,21-,22-,23+/m01/s1. The molecule has 6 saturated heterocycles. The monoisotopic (exact) mass is 1630 g/mol. The van der Waals surface area contributed by atoms with Crippen LogP contribution >= 0.6 is 0 Å². The Morgan fingerprint density at radius 1 is 0.368 bits per heavy atom. The van der Waals surface area contributed by atoms with Gasteiger partial charge in [0.15, 0.2) is 37.7 Å². The maximum absolute atomic E-state index is 13.2. The van der Waals surface area contributed by atoms with Gasteiger partial charge in [0.05, 0.1) is 55.8 Å². The Kier molecular flexibility index (Phi) is 33.1. The van der Waals surface area contributed by atoms with Crippen LogP contribution in [-0.4, -0.2) is 343 Å². The third kappa shape index (κ3) is 21.6. The van der Waals surface area contributed by atoms with Crippen molar-refractivity contribution in [3.8, 4) is 0 Å². The third-order valence-electron chi connectivity index (χ3n) is 21.7. The molecule has 41 nitrogen and oxygen atoms in total. The molecule has 3 aromatic carbocycles. The predicted molar refractivity (Wildman–Crippen MR) is 387 cm³/mol. The molecule has 11 rings (SSSR count). The van der Waals surface area contributed by atoms with Crippen LogP contribution in [0.1, 0.15) is 63.1 Å².